The number of amides is 1. The molecule has 1 amide bonds. The molecule has 0 aliphatic rings. The zero-order valence-electron chi connectivity index (χ0n) is 9.67. The molecule has 2 aromatic rings. The number of H-pyrrole nitrogens is 2. The molecule has 0 aliphatic carbocycles. The van der Waals surface area contributed by atoms with E-state index in [0.717, 1.165) is 23.0 Å². The molecule has 0 bridgehead atoms. The van der Waals surface area contributed by atoms with Crippen LogP contribution < -0.4 is 11.0 Å². The van der Waals surface area contributed by atoms with Gasteiger partial charge in [-0.2, -0.15) is 0 Å². The summed E-state index contributed by atoms with van der Waals surface area (Å²) in [7, 11) is 0. The largest absolute Gasteiger partial charge is 0.352 e. The molecule has 0 saturated heterocycles. The standard InChI is InChI=1S/C12H15N3O2/c1-2-3-11(16)13-7-8-4-5-9-10(6-8)15-12(17)14-9/h4-6H,2-3,7H2,1H3,(H,13,16)(H2,14,15,17). The lowest BCUT2D eigenvalue weighted by Gasteiger charge is -2.04. The van der Waals surface area contributed by atoms with Gasteiger partial charge in [0, 0.05) is 13.0 Å². The summed E-state index contributed by atoms with van der Waals surface area (Å²) in [6.07, 6.45) is 1.39. The molecule has 1 aromatic carbocycles. The van der Waals surface area contributed by atoms with E-state index in [2.05, 4.69) is 15.3 Å². The Morgan fingerprint density at radius 1 is 1.29 bits per heavy atom. The van der Waals surface area contributed by atoms with E-state index in [0.29, 0.717) is 13.0 Å². The maximum absolute atomic E-state index is 11.3. The molecule has 90 valence electrons. The molecule has 0 fully saturated rings. The zero-order valence-corrected chi connectivity index (χ0v) is 9.67. The minimum atomic E-state index is -0.216. The van der Waals surface area contributed by atoms with Gasteiger partial charge in [0.2, 0.25) is 5.91 Å². The molecule has 0 atom stereocenters. The summed E-state index contributed by atoms with van der Waals surface area (Å²) in [6, 6.07) is 5.58. The van der Waals surface area contributed by atoms with Crippen LogP contribution >= 0.6 is 0 Å². The van der Waals surface area contributed by atoms with Gasteiger partial charge in [-0.15, -0.1) is 0 Å². The minimum absolute atomic E-state index is 0.0511. The van der Waals surface area contributed by atoms with Crippen LogP contribution in [0.3, 0.4) is 0 Å². The van der Waals surface area contributed by atoms with Crippen LogP contribution in [0.5, 0.6) is 0 Å². The van der Waals surface area contributed by atoms with Gasteiger partial charge < -0.3 is 15.3 Å². The molecule has 17 heavy (non-hydrogen) atoms. The average Bonchev–Trinajstić information content (AvgIpc) is 2.66. The van der Waals surface area contributed by atoms with Gasteiger partial charge in [-0.25, -0.2) is 4.79 Å². The summed E-state index contributed by atoms with van der Waals surface area (Å²) in [5, 5.41) is 2.83. The molecule has 2 rings (SSSR count). The van der Waals surface area contributed by atoms with Crippen molar-refractivity contribution in [2.24, 2.45) is 0 Å². The van der Waals surface area contributed by atoms with Crippen molar-refractivity contribution < 1.29 is 4.79 Å². The molecule has 0 aliphatic heterocycles. The number of nitrogens with one attached hydrogen (secondary N) is 3. The molecule has 0 unspecified atom stereocenters. The summed E-state index contributed by atoms with van der Waals surface area (Å²) in [4.78, 5) is 27.7. The van der Waals surface area contributed by atoms with Crippen LogP contribution in [0.2, 0.25) is 0 Å². The first-order valence-corrected chi connectivity index (χ1v) is 5.66. The maximum atomic E-state index is 11.3. The van der Waals surface area contributed by atoms with Crippen LogP contribution in [-0.2, 0) is 11.3 Å². The Kier molecular flexibility index (Phi) is 3.27. The van der Waals surface area contributed by atoms with E-state index in [1.54, 1.807) is 0 Å². The quantitative estimate of drug-likeness (QED) is 0.743. The Bertz CT molecular complexity index is 583. The van der Waals surface area contributed by atoms with E-state index in [-0.39, 0.29) is 11.6 Å². The number of rotatable bonds is 4. The topological polar surface area (TPSA) is 77.8 Å². The predicted molar refractivity (Wildman–Crippen MR) is 65.7 cm³/mol. The van der Waals surface area contributed by atoms with E-state index in [1.165, 1.54) is 0 Å². The number of benzene rings is 1. The first kappa shape index (κ1) is 11.4. The zero-order chi connectivity index (χ0) is 12.3. The molecule has 0 radical (unpaired) electrons. The van der Waals surface area contributed by atoms with Crippen LogP contribution in [0.4, 0.5) is 0 Å². The lowest BCUT2D eigenvalue weighted by atomic mass is 10.2. The van der Waals surface area contributed by atoms with Gasteiger partial charge in [0.1, 0.15) is 0 Å². The Hall–Kier alpha value is -2.04. The predicted octanol–water partition coefficient (Wildman–Crippen LogP) is 1.27. The average molecular weight is 233 g/mol. The van der Waals surface area contributed by atoms with E-state index < -0.39 is 0 Å². The fourth-order valence-corrected chi connectivity index (χ4v) is 1.71. The van der Waals surface area contributed by atoms with Crippen LogP contribution in [0, 0.1) is 0 Å². The van der Waals surface area contributed by atoms with Crippen molar-refractivity contribution in [3.8, 4) is 0 Å². The first-order valence-electron chi connectivity index (χ1n) is 5.66. The molecule has 0 saturated carbocycles. The number of carbonyl (C=O) groups excluding carboxylic acids is 1. The molecule has 5 nitrogen and oxygen atoms in total. The highest BCUT2D eigenvalue weighted by molar-refractivity contribution is 5.77. The molecular weight excluding hydrogens is 218 g/mol. The van der Waals surface area contributed by atoms with Crippen LogP contribution in [0.1, 0.15) is 25.3 Å². The Labute approximate surface area is 98.2 Å². The highest BCUT2D eigenvalue weighted by atomic mass is 16.1. The number of fused-ring (bicyclic) bond motifs is 1. The third-order valence-electron chi connectivity index (χ3n) is 2.55. The third kappa shape index (κ3) is 2.75. The van der Waals surface area contributed by atoms with Gasteiger partial charge in [0.05, 0.1) is 11.0 Å². The second-order valence-corrected chi connectivity index (χ2v) is 3.99. The monoisotopic (exact) mass is 233 g/mol. The molecule has 0 spiro atoms. The summed E-state index contributed by atoms with van der Waals surface area (Å²) in [5.74, 6) is 0.0511. The normalized spacial score (nSPS) is 10.6. The highest BCUT2D eigenvalue weighted by Gasteiger charge is 2.02. The van der Waals surface area contributed by atoms with Crippen molar-refractivity contribution in [1.29, 1.82) is 0 Å². The number of hydrogen-bond donors (Lipinski definition) is 3. The van der Waals surface area contributed by atoms with Gasteiger partial charge >= 0.3 is 5.69 Å². The third-order valence-corrected chi connectivity index (χ3v) is 2.55. The van der Waals surface area contributed by atoms with Gasteiger partial charge in [0.25, 0.3) is 0 Å². The molecule has 1 aromatic heterocycles. The van der Waals surface area contributed by atoms with Gasteiger partial charge in [-0.05, 0) is 24.1 Å². The van der Waals surface area contributed by atoms with Crippen LogP contribution in [-0.4, -0.2) is 15.9 Å². The second kappa shape index (κ2) is 4.86. The lowest BCUT2D eigenvalue weighted by Crippen LogP contribution is -2.21. The van der Waals surface area contributed by atoms with E-state index in [9.17, 15) is 9.59 Å². The second-order valence-electron chi connectivity index (χ2n) is 3.99. The maximum Gasteiger partial charge on any atom is 0.323 e. The molecule has 3 N–H and O–H groups in total. The number of aromatic nitrogens is 2. The number of aromatic amines is 2. The van der Waals surface area contributed by atoms with Crippen molar-refractivity contribution in [3.63, 3.8) is 0 Å². The van der Waals surface area contributed by atoms with Gasteiger partial charge in [-0.1, -0.05) is 13.0 Å². The summed E-state index contributed by atoms with van der Waals surface area (Å²) >= 11 is 0. The minimum Gasteiger partial charge on any atom is -0.352 e. The molecular formula is C12H15N3O2. The van der Waals surface area contributed by atoms with Crippen molar-refractivity contribution in [1.82, 2.24) is 15.3 Å². The fraction of sp³-hybridized carbons (Fsp3) is 0.333. The number of imidazole rings is 1. The Morgan fingerprint density at radius 3 is 2.82 bits per heavy atom. The highest BCUT2D eigenvalue weighted by Crippen LogP contribution is 2.09. The number of hydrogen-bond acceptors (Lipinski definition) is 2. The van der Waals surface area contributed by atoms with Crippen molar-refractivity contribution in [2.45, 2.75) is 26.3 Å². The van der Waals surface area contributed by atoms with E-state index in [1.807, 2.05) is 25.1 Å². The summed E-state index contributed by atoms with van der Waals surface area (Å²) < 4.78 is 0. The van der Waals surface area contributed by atoms with Gasteiger partial charge in [0.15, 0.2) is 0 Å². The Balaban J connectivity index is 2.08. The molecule has 1 heterocycles. The first-order chi connectivity index (χ1) is 8.19. The SMILES string of the molecule is CCCC(=O)NCc1ccc2[nH]c(=O)[nH]c2c1. The van der Waals surface area contributed by atoms with Crippen LogP contribution in [0.15, 0.2) is 23.0 Å². The van der Waals surface area contributed by atoms with Gasteiger partial charge in [-0.3, -0.25) is 4.79 Å². The van der Waals surface area contributed by atoms with Crippen molar-refractivity contribution >= 4 is 16.9 Å². The number of carbonyl (C=O) groups is 1. The van der Waals surface area contributed by atoms with E-state index in [4.69, 9.17) is 0 Å². The smallest absolute Gasteiger partial charge is 0.323 e. The van der Waals surface area contributed by atoms with Crippen molar-refractivity contribution in [2.75, 3.05) is 0 Å². The molecule has 5 heteroatoms. The fourth-order valence-electron chi connectivity index (χ4n) is 1.71. The Morgan fingerprint density at radius 2 is 2.06 bits per heavy atom. The lowest BCUT2D eigenvalue weighted by molar-refractivity contribution is -0.121. The summed E-state index contributed by atoms with van der Waals surface area (Å²) in [5.41, 5.74) is 2.29. The summed E-state index contributed by atoms with van der Waals surface area (Å²) in [6.45, 7) is 2.46. The van der Waals surface area contributed by atoms with Crippen molar-refractivity contribution in [3.05, 3.63) is 34.2 Å². The van der Waals surface area contributed by atoms with Crippen LogP contribution in [0.25, 0.3) is 11.0 Å². The van der Waals surface area contributed by atoms with E-state index >= 15 is 0 Å².